The summed E-state index contributed by atoms with van der Waals surface area (Å²) in [5.74, 6) is 0.212. The minimum Gasteiger partial charge on any atom is -0.476 e. The van der Waals surface area contributed by atoms with E-state index in [0.29, 0.717) is 29.6 Å². The molecule has 4 N–H and O–H groups in total. The van der Waals surface area contributed by atoms with Crippen LogP contribution in [0.25, 0.3) is 5.52 Å². The van der Waals surface area contributed by atoms with Crippen LogP contribution in [0.1, 0.15) is 29.2 Å². The highest BCUT2D eigenvalue weighted by Crippen LogP contribution is 2.20. The van der Waals surface area contributed by atoms with Gasteiger partial charge in [-0.2, -0.15) is 0 Å². The molecule has 2 aromatic rings. The van der Waals surface area contributed by atoms with Gasteiger partial charge in [0, 0.05) is 12.5 Å². The molecule has 0 saturated carbocycles. The van der Waals surface area contributed by atoms with Crippen LogP contribution in [-0.4, -0.2) is 33.0 Å². The number of aromatic carboxylic acids is 1. The number of hydrogen-bond acceptors (Lipinski definition) is 4. The maximum atomic E-state index is 11.2. The molecule has 0 aromatic carbocycles. The zero-order chi connectivity index (χ0) is 13.4. The molecule has 1 atom stereocenters. The van der Waals surface area contributed by atoms with Crippen molar-refractivity contribution in [2.45, 2.75) is 25.3 Å². The molecule has 1 saturated heterocycles. The Morgan fingerprint density at radius 1 is 1.58 bits per heavy atom. The monoisotopic (exact) mass is 260 g/mol. The van der Waals surface area contributed by atoms with Crippen molar-refractivity contribution in [2.24, 2.45) is 0 Å². The molecule has 2 aromatic heterocycles. The third kappa shape index (κ3) is 2.04. The second-order valence-corrected chi connectivity index (χ2v) is 4.85. The zero-order valence-corrected chi connectivity index (χ0v) is 10.5. The number of carboxylic acid groups (broad SMARTS) is 1. The highest BCUT2D eigenvalue weighted by atomic mass is 16.4. The lowest BCUT2D eigenvalue weighted by Gasteiger charge is -2.10. The molecule has 100 valence electrons. The van der Waals surface area contributed by atoms with E-state index in [1.165, 1.54) is 0 Å². The van der Waals surface area contributed by atoms with Gasteiger partial charge >= 0.3 is 5.97 Å². The van der Waals surface area contributed by atoms with Crippen molar-refractivity contribution in [2.75, 3.05) is 12.3 Å². The number of pyridine rings is 1. The van der Waals surface area contributed by atoms with E-state index in [9.17, 15) is 9.90 Å². The van der Waals surface area contributed by atoms with Gasteiger partial charge in [0.05, 0.1) is 5.52 Å². The molecular weight excluding hydrogens is 244 g/mol. The van der Waals surface area contributed by atoms with Crippen LogP contribution in [-0.2, 0) is 6.42 Å². The summed E-state index contributed by atoms with van der Waals surface area (Å²) in [6.07, 6.45) is 2.93. The first-order valence-electron chi connectivity index (χ1n) is 6.39. The molecule has 3 heterocycles. The second-order valence-electron chi connectivity index (χ2n) is 4.85. The van der Waals surface area contributed by atoms with Crippen molar-refractivity contribution < 1.29 is 9.90 Å². The van der Waals surface area contributed by atoms with Gasteiger partial charge in [-0.25, -0.2) is 9.78 Å². The molecule has 1 aliphatic rings. The molecule has 19 heavy (non-hydrogen) atoms. The van der Waals surface area contributed by atoms with Crippen LogP contribution in [0.3, 0.4) is 0 Å². The fourth-order valence-corrected chi connectivity index (χ4v) is 2.68. The second kappa shape index (κ2) is 4.55. The van der Waals surface area contributed by atoms with Crippen molar-refractivity contribution in [3.63, 3.8) is 0 Å². The summed E-state index contributed by atoms with van der Waals surface area (Å²) in [5.41, 5.74) is 6.58. The van der Waals surface area contributed by atoms with Crippen molar-refractivity contribution in [3.05, 3.63) is 29.7 Å². The number of aromatic nitrogens is 2. The summed E-state index contributed by atoms with van der Waals surface area (Å²) in [6, 6.07) is 5.59. The van der Waals surface area contributed by atoms with Crippen LogP contribution in [0.2, 0.25) is 0 Å². The molecule has 0 aliphatic carbocycles. The molecule has 0 radical (unpaired) electrons. The van der Waals surface area contributed by atoms with E-state index in [-0.39, 0.29) is 5.69 Å². The number of carboxylic acids is 1. The van der Waals surface area contributed by atoms with Gasteiger partial charge < -0.3 is 16.2 Å². The number of nitrogen functional groups attached to an aromatic ring is 1. The number of nitrogens with one attached hydrogen (secondary N) is 1. The molecule has 6 heteroatoms. The van der Waals surface area contributed by atoms with Crippen molar-refractivity contribution in [1.29, 1.82) is 0 Å². The Morgan fingerprint density at radius 3 is 3.11 bits per heavy atom. The van der Waals surface area contributed by atoms with Gasteiger partial charge in [0.15, 0.2) is 5.69 Å². The molecule has 0 spiro atoms. The predicted octanol–water partition coefficient (Wildman–Crippen LogP) is 0.909. The van der Waals surface area contributed by atoms with Gasteiger partial charge in [0.1, 0.15) is 11.6 Å². The minimum absolute atomic E-state index is 0.0697. The van der Waals surface area contributed by atoms with E-state index >= 15 is 0 Å². The molecular formula is C13H16N4O2. The number of rotatable bonds is 3. The lowest BCUT2D eigenvalue weighted by molar-refractivity contribution is 0.0693. The van der Waals surface area contributed by atoms with Crippen LogP contribution in [0.5, 0.6) is 0 Å². The molecule has 3 rings (SSSR count). The lowest BCUT2D eigenvalue weighted by Crippen LogP contribution is -2.24. The van der Waals surface area contributed by atoms with Gasteiger partial charge in [-0.15, -0.1) is 0 Å². The average molecular weight is 260 g/mol. The molecule has 1 unspecified atom stereocenters. The van der Waals surface area contributed by atoms with E-state index in [0.717, 1.165) is 19.4 Å². The number of anilines is 1. The largest absolute Gasteiger partial charge is 0.476 e. The Labute approximate surface area is 110 Å². The first-order chi connectivity index (χ1) is 9.16. The highest BCUT2D eigenvalue weighted by Gasteiger charge is 2.22. The molecule has 1 fully saturated rings. The highest BCUT2D eigenvalue weighted by molar-refractivity contribution is 5.94. The standard InChI is InChI=1S/C13H16N4O2/c14-10-5-1-4-9-12(13(18)19)16-11(17(9)10)7-8-3-2-6-15-8/h1,4-5,8,15H,2-3,6-7,14H2,(H,18,19). The summed E-state index contributed by atoms with van der Waals surface area (Å²) in [6.45, 7) is 1.01. The Kier molecular flexibility index (Phi) is 2.87. The van der Waals surface area contributed by atoms with E-state index < -0.39 is 5.97 Å². The summed E-state index contributed by atoms with van der Waals surface area (Å²) >= 11 is 0. The van der Waals surface area contributed by atoms with Gasteiger partial charge in [-0.3, -0.25) is 4.40 Å². The molecule has 6 nitrogen and oxygen atoms in total. The van der Waals surface area contributed by atoms with Crippen molar-refractivity contribution >= 4 is 17.3 Å². The third-order valence-corrected chi connectivity index (χ3v) is 3.56. The van der Waals surface area contributed by atoms with Gasteiger partial charge in [-0.05, 0) is 31.5 Å². The van der Waals surface area contributed by atoms with Crippen molar-refractivity contribution in [3.8, 4) is 0 Å². The average Bonchev–Trinajstić information content (AvgIpc) is 2.98. The third-order valence-electron chi connectivity index (χ3n) is 3.56. The topological polar surface area (TPSA) is 92.7 Å². The Bertz CT molecular complexity index is 629. The van der Waals surface area contributed by atoms with Crippen LogP contribution >= 0.6 is 0 Å². The Balaban J connectivity index is 2.09. The summed E-state index contributed by atoms with van der Waals surface area (Å²) in [5, 5.41) is 12.6. The molecule has 0 bridgehead atoms. The number of hydrogen-bond donors (Lipinski definition) is 3. The fraction of sp³-hybridized carbons (Fsp3) is 0.385. The first-order valence-corrected chi connectivity index (χ1v) is 6.39. The molecule has 1 aliphatic heterocycles. The Hall–Kier alpha value is -2.08. The number of nitrogens with zero attached hydrogens (tertiary/aromatic N) is 2. The number of nitrogens with two attached hydrogens (primary N) is 1. The maximum absolute atomic E-state index is 11.2. The SMILES string of the molecule is Nc1cccc2c(C(=O)O)nc(CC3CCCN3)n12. The smallest absolute Gasteiger partial charge is 0.356 e. The van der Waals surface area contributed by atoms with E-state index in [1.54, 1.807) is 22.6 Å². The van der Waals surface area contributed by atoms with Crippen LogP contribution in [0.15, 0.2) is 18.2 Å². The fourth-order valence-electron chi connectivity index (χ4n) is 2.68. The number of fused-ring (bicyclic) bond motifs is 1. The molecule has 0 amide bonds. The predicted molar refractivity (Wildman–Crippen MR) is 71.3 cm³/mol. The van der Waals surface area contributed by atoms with Crippen molar-refractivity contribution in [1.82, 2.24) is 14.7 Å². The van der Waals surface area contributed by atoms with Gasteiger partial charge in [-0.1, -0.05) is 6.07 Å². The van der Waals surface area contributed by atoms with E-state index in [2.05, 4.69) is 10.3 Å². The quantitative estimate of drug-likeness (QED) is 0.762. The van der Waals surface area contributed by atoms with E-state index in [1.807, 2.05) is 0 Å². The van der Waals surface area contributed by atoms with E-state index in [4.69, 9.17) is 5.73 Å². The van der Waals surface area contributed by atoms with Gasteiger partial charge in [0.2, 0.25) is 0 Å². The maximum Gasteiger partial charge on any atom is 0.356 e. The number of imidazole rings is 1. The number of carbonyl (C=O) groups is 1. The minimum atomic E-state index is -1.02. The normalized spacial score (nSPS) is 19.1. The van der Waals surface area contributed by atoms with Gasteiger partial charge in [0.25, 0.3) is 0 Å². The summed E-state index contributed by atoms with van der Waals surface area (Å²) in [7, 11) is 0. The van der Waals surface area contributed by atoms with Crippen LogP contribution in [0.4, 0.5) is 5.82 Å². The van der Waals surface area contributed by atoms with Crippen LogP contribution < -0.4 is 11.1 Å². The lowest BCUT2D eigenvalue weighted by atomic mass is 10.1. The summed E-state index contributed by atoms with van der Waals surface area (Å²) in [4.78, 5) is 15.5. The summed E-state index contributed by atoms with van der Waals surface area (Å²) < 4.78 is 1.74. The first kappa shape index (κ1) is 12.0. The zero-order valence-electron chi connectivity index (χ0n) is 10.5. The Morgan fingerprint density at radius 2 is 2.42 bits per heavy atom. The van der Waals surface area contributed by atoms with Crippen LogP contribution in [0, 0.1) is 0 Å².